The highest BCUT2D eigenvalue weighted by molar-refractivity contribution is 5.95. The van der Waals surface area contributed by atoms with Crippen LogP contribution in [0.3, 0.4) is 0 Å². The summed E-state index contributed by atoms with van der Waals surface area (Å²) in [4.78, 5) is 29.3. The van der Waals surface area contributed by atoms with Gasteiger partial charge < -0.3 is 15.1 Å². The second kappa shape index (κ2) is 7.48. The topological polar surface area (TPSA) is 94.3 Å². The number of urea groups is 1. The van der Waals surface area contributed by atoms with Crippen molar-refractivity contribution >= 4 is 17.6 Å². The zero-order valence-electron chi connectivity index (χ0n) is 18.7. The molecule has 1 saturated carbocycles. The third-order valence-electron chi connectivity index (χ3n) is 6.96. The van der Waals surface area contributed by atoms with Gasteiger partial charge in [0, 0.05) is 62.1 Å². The molecule has 1 atom stereocenters. The van der Waals surface area contributed by atoms with Crippen LogP contribution in [0.4, 0.5) is 23.7 Å². The zero-order valence-corrected chi connectivity index (χ0v) is 18.7. The first-order chi connectivity index (χ1) is 16.0. The molecule has 2 aromatic rings. The van der Waals surface area contributed by atoms with Crippen LogP contribution in [-0.2, 0) is 19.5 Å². The van der Waals surface area contributed by atoms with Crippen molar-refractivity contribution in [1.29, 1.82) is 5.26 Å². The van der Waals surface area contributed by atoms with Gasteiger partial charge in [-0.15, -0.1) is 0 Å². The minimum Gasteiger partial charge on any atom is -0.340 e. The highest BCUT2D eigenvalue weighted by Crippen LogP contribution is 2.54. The van der Waals surface area contributed by atoms with Crippen molar-refractivity contribution in [2.45, 2.75) is 51.2 Å². The first kappa shape index (κ1) is 22.3. The number of amides is 3. The van der Waals surface area contributed by atoms with E-state index in [1.54, 1.807) is 22.7 Å². The van der Waals surface area contributed by atoms with Crippen LogP contribution in [0.1, 0.15) is 47.1 Å². The standard InChI is InChI=1S/C23H23F3N6O2/c1-13-5-18-16(8-31(13)21(34)28-15-3-4-17(24)14(6-15)7-27)19-20(33)30(2)11-22(12-32(19)29-18)9-23(25,26)10-22/h3-4,6,13H,5,8-12H2,1-2H3,(H,28,34)/t13-/m1/s1. The number of rotatable bonds is 1. The number of fused-ring (bicyclic) bond motifs is 3. The van der Waals surface area contributed by atoms with Gasteiger partial charge >= 0.3 is 6.03 Å². The van der Waals surface area contributed by atoms with Gasteiger partial charge in [0.25, 0.3) is 5.91 Å². The zero-order chi connectivity index (χ0) is 24.4. The van der Waals surface area contributed by atoms with Gasteiger partial charge in [0.05, 0.1) is 17.8 Å². The fourth-order valence-corrected chi connectivity index (χ4v) is 5.50. The Bertz CT molecular complexity index is 1240. The minimum atomic E-state index is -2.73. The van der Waals surface area contributed by atoms with E-state index in [0.717, 1.165) is 6.07 Å². The van der Waals surface area contributed by atoms with Gasteiger partial charge in [0.2, 0.25) is 5.92 Å². The van der Waals surface area contributed by atoms with E-state index in [4.69, 9.17) is 5.26 Å². The van der Waals surface area contributed by atoms with Crippen LogP contribution in [0, 0.1) is 22.6 Å². The van der Waals surface area contributed by atoms with Crippen molar-refractivity contribution in [3.8, 4) is 6.07 Å². The van der Waals surface area contributed by atoms with E-state index in [1.807, 2.05) is 6.92 Å². The average molecular weight is 472 g/mol. The monoisotopic (exact) mass is 472 g/mol. The van der Waals surface area contributed by atoms with Crippen LogP contribution in [0.2, 0.25) is 0 Å². The molecular weight excluding hydrogens is 449 g/mol. The molecule has 1 aromatic heterocycles. The predicted molar refractivity (Wildman–Crippen MR) is 115 cm³/mol. The van der Waals surface area contributed by atoms with Crippen LogP contribution in [0.15, 0.2) is 18.2 Å². The Hall–Kier alpha value is -3.55. The molecule has 0 bridgehead atoms. The molecule has 1 aliphatic carbocycles. The molecule has 1 fully saturated rings. The van der Waals surface area contributed by atoms with Crippen molar-refractivity contribution in [3.05, 3.63) is 46.5 Å². The quantitative estimate of drug-likeness (QED) is 0.689. The van der Waals surface area contributed by atoms with Gasteiger partial charge in [-0.3, -0.25) is 9.48 Å². The van der Waals surface area contributed by atoms with Crippen LogP contribution >= 0.6 is 0 Å². The molecule has 11 heteroatoms. The normalized spacial score (nSPS) is 22.4. The second-order valence-electron chi connectivity index (χ2n) is 9.72. The summed E-state index contributed by atoms with van der Waals surface area (Å²) in [6, 6.07) is 4.76. The molecule has 1 spiro atoms. The Kier molecular flexibility index (Phi) is 4.90. The predicted octanol–water partition coefficient (Wildman–Crippen LogP) is 3.37. The fourth-order valence-electron chi connectivity index (χ4n) is 5.50. The molecule has 3 amide bonds. The van der Waals surface area contributed by atoms with Crippen LogP contribution < -0.4 is 5.32 Å². The lowest BCUT2D eigenvalue weighted by Crippen LogP contribution is -2.53. The number of nitriles is 1. The lowest BCUT2D eigenvalue weighted by atomic mass is 9.65. The number of nitrogens with zero attached hydrogens (tertiary/aromatic N) is 5. The Morgan fingerprint density at radius 3 is 2.71 bits per heavy atom. The van der Waals surface area contributed by atoms with E-state index in [2.05, 4.69) is 10.4 Å². The Morgan fingerprint density at radius 2 is 2.03 bits per heavy atom. The summed E-state index contributed by atoms with van der Waals surface area (Å²) in [5.41, 5.74) is 1.02. The summed E-state index contributed by atoms with van der Waals surface area (Å²) < 4.78 is 42.7. The van der Waals surface area contributed by atoms with Crippen molar-refractivity contribution in [1.82, 2.24) is 19.6 Å². The van der Waals surface area contributed by atoms with Gasteiger partial charge in [0.1, 0.15) is 17.6 Å². The van der Waals surface area contributed by atoms with Crippen molar-refractivity contribution < 1.29 is 22.8 Å². The summed E-state index contributed by atoms with van der Waals surface area (Å²) >= 11 is 0. The van der Waals surface area contributed by atoms with Crippen molar-refractivity contribution in [3.63, 3.8) is 0 Å². The molecule has 0 radical (unpaired) electrons. The number of alkyl halides is 2. The SMILES string of the molecule is C[C@@H]1Cc2nn3c(c2CN1C(=O)Nc1ccc(F)c(C#N)c1)C(=O)N(C)CC1(C3)CC(F)(F)C1. The van der Waals surface area contributed by atoms with E-state index in [9.17, 15) is 22.8 Å². The highest BCUT2D eigenvalue weighted by Gasteiger charge is 2.58. The van der Waals surface area contributed by atoms with Gasteiger partial charge in [-0.25, -0.2) is 18.0 Å². The lowest BCUT2D eigenvalue weighted by molar-refractivity contribution is -0.170. The Labute approximate surface area is 193 Å². The van der Waals surface area contributed by atoms with Crippen LogP contribution in [-0.4, -0.2) is 57.1 Å². The average Bonchev–Trinajstić information content (AvgIpc) is 3.03. The maximum Gasteiger partial charge on any atom is 0.322 e. The molecule has 34 heavy (non-hydrogen) atoms. The number of nitrogens with one attached hydrogen (secondary N) is 1. The summed E-state index contributed by atoms with van der Waals surface area (Å²) in [7, 11) is 1.60. The summed E-state index contributed by atoms with van der Waals surface area (Å²) in [6.45, 7) is 2.42. The van der Waals surface area contributed by atoms with Gasteiger partial charge in [0.15, 0.2) is 0 Å². The molecule has 1 aromatic carbocycles. The maximum atomic E-state index is 13.7. The largest absolute Gasteiger partial charge is 0.340 e. The molecule has 3 aliphatic rings. The summed E-state index contributed by atoms with van der Waals surface area (Å²) in [6.07, 6.45) is -0.167. The smallest absolute Gasteiger partial charge is 0.322 e. The first-order valence-electron chi connectivity index (χ1n) is 11.0. The van der Waals surface area contributed by atoms with Gasteiger partial charge in [-0.05, 0) is 25.1 Å². The third-order valence-corrected chi connectivity index (χ3v) is 6.96. The number of hydrogen-bond acceptors (Lipinski definition) is 4. The third kappa shape index (κ3) is 3.57. The number of benzene rings is 1. The lowest BCUT2D eigenvalue weighted by Gasteiger charge is -2.47. The number of halogens is 3. The molecule has 178 valence electrons. The number of carbonyl (C=O) groups excluding carboxylic acids is 2. The van der Waals surface area contributed by atoms with Gasteiger partial charge in [-0.1, -0.05) is 0 Å². The van der Waals surface area contributed by atoms with Crippen molar-refractivity contribution in [2.75, 3.05) is 18.9 Å². The van der Waals surface area contributed by atoms with Gasteiger partial charge in [-0.2, -0.15) is 10.4 Å². The molecular formula is C23H23F3N6O2. The molecule has 5 rings (SSSR count). The highest BCUT2D eigenvalue weighted by atomic mass is 19.3. The minimum absolute atomic E-state index is 0.118. The van der Waals surface area contributed by atoms with E-state index in [0.29, 0.717) is 23.4 Å². The van der Waals surface area contributed by atoms with Crippen LogP contribution in [0.25, 0.3) is 0 Å². The van der Waals surface area contributed by atoms with E-state index in [-0.39, 0.29) is 55.7 Å². The van der Waals surface area contributed by atoms with E-state index in [1.165, 1.54) is 17.0 Å². The molecule has 0 unspecified atom stereocenters. The molecule has 3 heterocycles. The Morgan fingerprint density at radius 1 is 1.29 bits per heavy atom. The van der Waals surface area contributed by atoms with E-state index >= 15 is 0 Å². The second-order valence-corrected chi connectivity index (χ2v) is 9.72. The fraction of sp³-hybridized carbons (Fsp3) is 0.478. The molecule has 2 aliphatic heterocycles. The number of anilines is 1. The number of carbonyl (C=O) groups is 2. The molecule has 1 N–H and O–H groups in total. The first-order valence-corrected chi connectivity index (χ1v) is 11.0. The Balaban J connectivity index is 1.42. The summed E-state index contributed by atoms with van der Waals surface area (Å²) in [5, 5.41) is 16.3. The van der Waals surface area contributed by atoms with Crippen molar-refractivity contribution in [2.24, 2.45) is 5.41 Å². The molecule has 8 nitrogen and oxygen atoms in total. The van der Waals surface area contributed by atoms with Crippen LogP contribution in [0.5, 0.6) is 0 Å². The summed E-state index contributed by atoms with van der Waals surface area (Å²) in [5.74, 6) is -3.70. The van der Waals surface area contributed by atoms with E-state index < -0.39 is 23.2 Å². The maximum absolute atomic E-state index is 13.7. The number of aromatic nitrogens is 2. The number of hydrogen-bond donors (Lipinski definition) is 1. The molecule has 0 saturated heterocycles.